The smallest absolute Gasteiger partial charge is 0.310 e. The van der Waals surface area contributed by atoms with E-state index in [0.29, 0.717) is 18.9 Å². The van der Waals surface area contributed by atoms with E-state index in [4.69, 9.17) is 4.74 Å². The highest BCUT2D eigenvalue weighted by Gasteiger charge is 2.24. The fourth-order valence-corrected chi connectivity index (χ4v) is 4.83. The zero-order valence-electron chi connectivity index (χ0n) is 19.3. The number of halogens is 2. The Hall–Kier alpha value is -2.27. The number of likely N-dealkylation sites (tertiary alicyclic amines) is 1. The summed E-state index contributed by atoms with van der Waals surface area (Å²) in [5.41, 5.74) is 4.87. The summed E-state index contributed by atoms with van der Waals surface area (Å²) >= 11 is 0. The SMILES string of the molecule is CCOC(=O)C1CCCN(C)C1.FCCC[C@H]1Cc2cc(F)ccc2Cc2ccccc21. The summed E-state index contributed by atoms with van der Waals surface area (Å²) in [6.07, 6.45) is 5.15. The van der Waals surface area contributed by atoms with Crippen LogP contribution in [0.4, 0.5) is 8.78 Å². The van der Waals surface area contributed by atoms with E-state index in [9.17, 15) is 13.6 Å². The van der Waals surface area contributed by atoms with E-state index in [-0.39, 0.29) is 24.4 Å². The van der Waals surface area contributed by atoms with Crippen LogP contribution in [0.15, 0.2) is 42.5 Å². The van der Waals surface area contributed by atoms with Crippen molar-refractivity contribution in [1.29, 1.82) is 0 Å². The van der Waals surface area contributed by atoms with Crippen LogP contribution in [0.1, 0.15) is 60.8 Å². The maximum atomic E-state index is 13.5. The van der Waals surface area contributed by atoms with Crippen LogP contribution in [0.5, 0.6) is 0 Å². The van der Waals surface area contributed by atoms with Crippen LogP contribution in [0.25, 0.3) is 0 Å². The van der Waals surface area contributed by atoms with Crippen molar-refractivity contribution in [3.63, 3.8) is 0 Å². The van der Waals surface area contributed by atoms with Crippen LogP contribution >= 0.6 is 0 Å². The van der Waals surface area contributed by atoms with Gasteiger partial charge in [0.15, 0.2) is 0 Å². The molecule has 0 spiro atoms. The number of fused-ring (bicyclic) bond motifs is 2. The van der Waals surface area contributed by atoms with E-state index in [2.05, 4.69) is 17.0 Å². The molecule has 32 heavy (non-hydrogen) atoms. The molecule has 1 aliphatic carbocycles. The largest absolute Gasteiger partial charge is 0.466 e. The number of carbonyl (C=O) groups is 1. The molecular formula is C27H35F2NO2. The molecule has 2 aromatic carbocycles. The number of benzene rings is 2. The van der Waals surface area contributed by atoms with E-state index >= 15 is 0 Å². The molecule has 1 saturated heterocycles. The number of ether oxygens (including phenoxy) is 1. The van der Waals surface area contributed by atoms with Crippen LogP contribution in [0.3, 0.4) is 0 Å². The first kappa shape index (κ1) is 24.4. The maximum Gasteiger partial charge on any atom is 0.310 e. The first-order valence-corrected chi connectivity index (χ1v) is 11.8. The molecule has 0 aromatic heterocycles. The van der Waals surface area contributed by atoms with E-state index in [0.717, 1.165) is 50.8 Å². The number of alkyl halides is 1. The molecule has 0 bridgehead atoms. The summed E-state index contributed by atoms with van der Waals surface area (Å²) in [4.78, 5) is 13.5. The average Bonchev–Trinajstić information content (AvgIpc) is 2.94. The van der Waals surface area contributed by atoms with Crippen LogP contribution in [-0.4, -0.2) is 44.3 Å². The van der Waals surface area contributed by atoms with Crippen molar-refractivity contribution in [3.8, 4) is 0 Å². The van der Waals surface area contributed by atoms with Crippen molar-refractivity contribution >= 4 is 5.97 Å². The zero-order chi connectivity index (χ0) is 22.9. The number of hydrogen-bond donors (Lipinski definition) is 0. The van der Waals surface area contributed by atoms with Gasteiger partial charge < -0.3 is 9.64 Å². The zero-order valence-corrected chi connectivity index (χ0v) is 19.3. The molecule has 2 aromatic rings. The fraction of sp³-hybridized carbons (Fsp3) is 0.519. The first-order chi connectivity index (χ1) is 15.5. The van der Waals surface area contributed by atoms with Gasteiger partial charge in [0, 0.05) is 6.54 Å². The lowest BCUT2D eigenvalue weighted by molar-refractivity contribution is -0.149. The van der Waals surface area contributed by atoms with E-state index in [1.54, 1.807) is 6.07 Å². The molecule has 2 atom stereocenters. The van der Waals surface area contributed by atoms with Gasteiger partial charge in [0.05, 0.1) is 19.2 Å². The van der Waals surface area contributed by atoms with Gasteiger partial charge in [0.2, 0.25) is 0 Å². The number of hydrogen-bond acceptors (Lipinski definition) is 3. The Bertz CT molecular complexity index is 886. The number of piperidine rings is 1. The predicted molar refractivity (Wildman–Crippen MR) is 124 cm³/mol. The Labute approximate surface area is 190 Å². The van der Waals surface area contributed by atoms with E-state index in [1.807, 2.05) is 32.2 Å². The molecule has 2 aliphatic rings. The Morgan fingerprint density at radius 1 is 1.16 bits per heavy atom. The highest BCUT2D eigenvalue weighted by Crippen LogP contribution is 2.34. The van der Waals surface area contributed by atoms with Crippen LogP contribution < -0.4 is 0 Å². The van der Waals surface area contributed by atoms with E-state index in [1.165, 1.54) is 22.8 Å². The number of carbonyl (C=O) groups excluding carboxylic acids is 1. The normalized spacial score (nSPS) is 20.2. The van der Waals surface area contributed by atoms with Gasteiger partial charge in [0.25, 0.3) is 0 Å². The molecule has 0 amide bonds. The number of rotatable bonds is 5. The molecule has 1 fully saturated rings. The van der Waals surface area contributed by atoms with Gasteiger partial charge >= 0.3 is 5.97 Å². The second kappa shape index (κ2) is 12.1. The Morgan fingerprint density at radius 3 is 2.72 bits per heavy atom. The highest BCUT2D eigenvalue weighted by molar-refractivity contribution is 5.72. The molecule has 0 radical (unpaired) electrons. The Morgan fingerprint density at radius 2 is 1.97 bits per heavy atom. The quantitative estimate of drug-likeness (QED) is 0.556. The molecule has 0 N–H and O–H groups in total. The summed E-state index contributed by atoms with van der Waals surface area (Å²) in [7, 11) is 2.05. The number of esters is 1. The Balaban J connectivity index is 0.000000207. The third kappa shape index (κ3) is 6.61. The topological polar surface area (TPSA) is 29.5 Å². The third-order valence-electron chi connectivity index (χ3n) is 6.44. The third-order valence-corrected chi connectivity index (χ3v) is 6.44. The highest BCUT2D eigenvalue weighted by atomic mass is 19.1. The maximum absolute atomic E-state index is 13.5. The number of nitrogens with zero attached hydrogens (tertiary/aromatic N) is 1. The van der Waals surface area contributed by atoms with Crippen LogP contribution in [0, 0.1) is 11.7 Å². The van der Waals surface area contributed by atoms with Gasteiger partial charge in [-0.15, -0.1) is 0 Å². The first-order valence-electron chi connectivity index (χ1n) is 11.8. The van der Waals surface area contributed by atoms with Gasteiger partial charge in [-0.25, -0.2) is 4.39 Å². The van der Waals surface area contributed by atoms with Gasteiger partial charge in [-0.2, -0.15) is 0 Å². The molecule has 4 rings (SSSR count). The molecule has 1 heterocycles. The summed E-state index contributed by atoms with van der Waals surface area (Å²) in [6, 6.07) is 13.4. The molecular weight excluding hydrogens is 408 g/mol. The molecule has 5 heteroatoms. The lowest BCUT2D eigenvalue weighted by Gasteiger charge is -2.27. The lowest BCUT2D eigenvalue weighted by atomic mass is 9.88. The van der Waals surface area contributed by atoms with E-state index < -0.39 is 0 Å². The molecule has 1 unspecified atom stereocenters. The summed E-state index contributed by atoms with van der Waals surface area (Å²) < 4.78 is 31.0. The van der Waals surface area contributed by atoms with Crippen molar-refractivity contribution in [2.75, 3.05) is 33.4 Å². The summed E-state index contributed by atoms with van der Waals surface area (Å²) in [5, 5.41) is 0. The van der Waals surface area contributed by atoms with Gasteiger partial charge in [-0.1, -0.05) is 30.3 Å². The second-order valence-electron chi connectivity index (χ2n) is 8.87. The fourth-order valence-electron chi connectivity index (χ4n) is 4.83. The van der Waals surface area contributed by atoms with Crippen molar-refractivity contribution in [2.45, 2.75) is 51.4 Å². The van der Waals surface area contributed by atoms with Crippen LogP contribution in [0.2, 0.25) is 0 Å². The van der Waals surface area contributed by atoms with Crippen molar-refractivity contribution in [1.82, 2.24) is 4.90 Å². The van der Waals surface area contributed by atoms with Gasteiger partial charge in [0.1, 0.15) is 5.82 Å². The van der Waals surface area contributed by atoms with Gasteiger partial charge in [-0.05, 0) is 99.3 Å². The summed E-state index contributed by atoms with van der Waals surface area (Å²) in [5.74, 6) is 0.205. The Kier molecular flexibility index (Phi) is 9.22. The van der Waals surface area contributed by atoms with Gasteiger partial charge in [-0.3, -0.25) is 9.18 Å². The van der Waals surface area contributed by atoms with Crippen LogP contribution in [-0.2, 0) is 22.4 Å². The van der Waals surface area contributed by atoms with Crippen molar-refractivity contribution in [3.05, 3.63) is 70.5 Å². The minimum Gasteiger partial charge on any atom is -0.466 e. The molecule has 174 valence electrons. The minimum absolute atomic E-state index is 0.0240. The second-order valence-corrected chi connectivity index (χ2v) is 8.87. The van der Waals surface area contributed by atoms with Crippen molar-refractivity contribution < 1.29 is 18.3 Å². The lowest BCUT2D eigenvalue weighted by Crippen LogP contribution is -2.36. The molecule has 0 saturated carbocycles. The molecule has 3 nitrogen and oxygen atoms in total. The monoisotopic (exact) mass is 443 g/mol. The molecule has 1 aliphatic heterocycles. The summed E-state index contributed by atoms with van der Waals surface area (Å²) in [6.45, 7) is 4.03. The minimum atomic E-state index is -0.283. The predicted octanol–water partition coefficient (Wildman–Crippen LogP) is 5.70. The van der Waals surface area contributed by atoms with Crippen molar-refractivity contribution in [2.24, 2.45) is 5.92 Å². The average molecular weight is 444 g/mol. The standard InChI is InChI=1S/C18H18F2.C9H17NO2/c19-9-3-5-15-11-16-12-17(20)8-7-13(16)10-14-4-1-2-6-18(14)15;1-3-12-9(11)8-5-4-6-10(2)7-8/h1-2,4,6-8,12,15H,3,5,9-11H2;8H,3-7H2,1-2H3/t15-;/m0./s1.